The Morgan fingerprint density at radius 1 is 1.08 bits per heavy atom. The minimum atomic E-state index is -3.67. The third-order valence-electron chi connectivity index (χ3n) is 4.59. The number of carboxylic acid groups (broad SMARTS) is 1. The first-order valence-electron chi connectivity index (χ1n) is 8.32. The van der Waals surface area contributed by atoms with Gasteiger partial charge in [0.2, 0.25) is 10.0 Å². The zero-order valence-corrected chi connectivity index (χ0v) is 15.5. The van der Waals surface area contributed by atoms with Crippen molar-refractivity contribution in [2.75, 3.05) is 6.26 Å². The number of aliphatic carboxylic acids is 1. The highest BCUT2D eigenvalue weighted by atomic mass is 32.2. The predicted octanol–water partition coefficient (Wildman–Crippen LogP) is 3.45. The summed E-state index contributed by atoms with van der Waals surface area (Å²) in [5, 5.41) is 9.69. The number of hydrogen-bond donors (Lipinski definition) is 1. The van der Waals surface area contributed by atoms with Crippen LogP contribution in [0.15, 0.2) is 66.2 Å². The van der Waals surface area contributed by atoms with Gasteiger partial charge in [-0.1, -0.05) is 66.2 Å². The molecule has 2 aromatic rings. The second-order valence-electron chi connectivity index (χ2n) is 6.54. The van der Waals surface area contributed by atoms with E-state index in [2.05, 4.69) is 0 Å². The summed E-state index contributed by atoms with van der Waals surface area (Å²) in [5.41, 5.74) is 2.54. The van der Waals surface area contributed by atoms with Crippen LogP contribution in [0.3, 0.4) is 0 Å². The molecule has 0 unspecified atom stereocenters. The van der Waals surface area contributed by atoms with Crippen molar-refractivity contribution in [1.29, 1.82) is 0 Å². The minimum Gasteiger partial charge on any atom is -0.478 e. The van der Waals surface area contributed by atoms with E-state index in [9.17, 15) is 18.3 Å². The topological polar surface area (TPSA) is 74.7 Å². The van der Waals surface area contributed by atoms with Crippen LogP contribution in [0.2, 0.25) is 0 Å². The van der Waals surface area contributed by atoms with E-state index in [1.807, 2.05) is 55.5 Å². The van der Waals surface area contributed by atoms with Crippen molar-refractivity contribution in [3.8, 4) is 0 Å². The highest BCUT2D eigenvalue weighted by Crippen LogP contribution is 2.43. The van der Waals surface area contributed by atoms with E-state index in [0.29, 0.717) is 12.0 Å². The van der Waals surface area contributed by atoms with E-state index < -0.39 is 28.1 Å². The summed E-state index contributed by atoms with van der Waals surface area (Å²) in [7, 11) is -3.67. The summed E-state index contributed by atoms with van der Waals surface area (Å²) in [4.78, 5) is 11.8. The van der Waals surface area contributed by atoms with E-state index in [1.54, 1.807) is 12.1 Å². The third kappa shape index (κ3) is 3.57. The van der Waals surface area contributed by atoms with Crippen LogP contribution < -0.4 is 0 Å². The van der Waals surface area contributed by atoms with Crippen molar-refractivity contribution in [2.45, 2.75) is 25.4 Å². The van der Waals surface area contributed by atoms with Gasteiger partial charge < -0.3 is 5.11 Å². The van der Waals surface area contributed by atoms with E-state index in [4.69, 9.17) is 0 Å². The molecule has 136 valence electrons. The first-order chi connectivity index (χ1) is 12.3. The van der Waals surface area contributed by atoms with Crippen LogP contribution in [0.4, 0.5) is 0 Å². The summed E-state index contributed by atoms with van der Waals surface area (Å²) in [6.45, 7) is 1.90. The van der Waals surface area contributed by atoms with Crippen molar-refractivity contribution in [3.63, 3.8) is 0 Å². The monoisotopic (exact) mass is 371 g/mol. The average molecular weight is 371 g/mol. The second-order valence-corrected chi connectivity index (χ2v) is 8.42. The SMILES string of the molecule is Cc1cccc([C@H]2C(C(=O)O)=CC[C@@H](c3ccccc3)N2S(C)(=O)=O)c1. The number of carboxylic acids is 1. The molecule has 1 heterocycles. The molecule has 2 aromatic carbocycles. The van der Waals surface area contributed by atoms with Crippen molar-refractivity contribution in [1.82, 2.24) is 4.31 Å². The lowest BCUT2D eigenvalue weighted by Gasteiger charge is -2.40. The Labute approximate surface area is 153 Å². The van der Waals surface area contributed by atoms with Gasteiger partial charge in [-0.25, -0.2) is 13.2 Å². The highest BCUT2D eigenvalue weighted by Gasteiger charge is 2.42. The number of hydrogen-bond acceptors (Lipinski definition) is 3. The molecule has 1 aliphatic heterocycles. The number of nitrogens with zero attached hydrogens (tertiary/aromatic N) is 1. The van der Waals surface area contributed by atoms with Gasteiger partial charge in [-0.2, -0.15) is 4.31 Å². The van der Waals surface area contributed by atoms with E-state index >= 15 is 0 Å². The van der Waals surface area contributed by atoms with Gasteiger partial charge in [-0.15, -0.1) is 0 Å². The Morgan fingerprint density at radius 2 is 1.73 bits per heavy atom. The van der Waals surface area contributed by atoms with Crippen molar-refractivity contribution >= 4 is 16.0 Å². The van der Waals surface area contributed by atoms with Gasteiger partial charge in [-0.3, -0.25) is 0 Å². The molecule has 0 amide bonds. The van der Waals surface area contributed by atoms with Crippen LogP contribution in [-0.4, -0.2) is 30.1 Å². The Bertz CT molecular complexity index is 951. The molecule has 5 nitrogen and oxygen atoms in total. The van der Waals surface area contributed by atoms with Gasteiger partial charge in [0.15, 0.2) is 0 Å². The van der Waals surface area contributed by atoms with Gasteiger partial charge in [0.1, 0.15) is 0 Å². The third-order valence-corrected chi connectivity index (χ3v) is 5.82. The van der Waals surface area contributed by atoms with Gasteiger partial charge in [0, 0.05) is 0 Å². The number of benzene rings is 2. The molecule has 1 N–H and O–H groups in total. The van der Waals surface area contributed by atoms with Crippen molar-refractivity contribution < 1.29 is 18.3 Å². The Morgan fingerprint density at radius 3 is 2.31 bits per heavy atom. The molecule has 1 aliphatic rings. The van der Waals surface area contributed by atoms with Gasteiger partial charge in [-0.05, 0) is 24.5 Å². The van der Waals surface area contributed by atoms with Crippen LogP contribution in [0.25, 0.3) is 0 Å². The standard InChI is InChI=1S/C20H21NO4S/c1-14-7-6-10-16(13-14)19-17(20(22)23)11-12-18(21(19)26(2,24)25)15-8-4-3-5-9-15/h3-11,13,18-19H,12H2,1-2H3,(H,22,23)/t18-,19-/m0/s1. The second kappa shape index (κ2) is 7.05. The molecule has 0 fully saturated rings. The Balaban J connectivity index is 2.22. The maximum Gasteiger partial charge on any atom is 0.333 e. The molecular formula is C20H21NO4S. The maximum absolute atomic E-state index is 12.7. The molecule has 2 atom stereocenters. The van der Waals surface area contributed by atoms with Crippen LogP contribution in [0, 0.1) is 6.92 Å². The summed E-state index contributed by atoms with van der Waals surface area (Å²) >= 11 is 0. The molecular weight excluding hydrogens is 350 g/mol. The smallest absolute Gasteiger partial charge is 0.333 e. The Hall–Kier alpha value is -2.44. The van der Waals surface area contributed by atoms with Gasteiger partial charge >= 0.3 is 5.97 Å². The van der Waals surface area contributed by atoms with Crippen LogP contribution in [-0.2, 0) is 14.8 Å². The fourth-order valence-corrected chi connectivity index (χ4v) is 4.81. The zero-order valence-electron chi connectivity index (χ0n) is 14.7. The number of aryl methyl sites for hydroxylation is 1. The van der Waals surface area contributed by atoms with Gasteiger partial charge in [0.05, 0.1) is 23.9 Å². The molecule has 3 rings (SSSR count). The molecule has 26 heavy (non-hydrogen) atoms. The lowest BCUT2D eigenvalue weighted by molar-refractivity contribution is -0.133. The predicted molar refractivity (Wildman–Crippen MR) is 100 cm³/mol. The molecule has 6 heteroatoms. The minimum absolute atomic E-state index is 0.0909. The quantitative estimate of drug-likeness (QED) is 0.893. The number of sulfonamides is 1. The summed E-state index contributed by atoms with van der Waals surface area (Å²) in [6.07, 6.45) is 3.10. The maximum atomic E-state index is 12.7. The first-order valence-corrected chi connectivity index (χ1v) is 10.2. The Kier molecular flexibility index (Phi) is 4.98. The molecule has 0 aromatic heterocycles. The molecule has 0 saturated carbocycles. The summed E-state index contributed by atoms with van der Waals surface area (Å²) in [5.74, 6) is -1.10. The molecule has 0 bridgehead atoms. The fraction of sp³-hybridized carbons (Fsp3) is 0.250. The summed E-state index contributed by atoms with van der Waals surface area (Å²) in [6, 6.07) is 15.3. The van der Waals surface area contributed by atoms with E-state index in [0.717, 1.165) is 17.4 Å². The lowest BCUT2D eigenvalue weighted by atomic mass is 9.89. The lowest BCUT2D eigenvalue weighted by Crippen LogP contribution is -2.41. The van der Waals surface area contributed by atoms with E-state index in [1.165, 1.54) is 4.31 Å². The molecule has 0 spiro atoms. The molecule has 0 saturated heterocycles. The van der Waals surface area contributed by atoms with Crippen LogP contribution >= 0.6 is 0 Å². The first kappa shape index (κ1) is 18.4. The van der Waals surface area contributed by atoms with Crippen LogP contribution in [0.5, 0.6) is 0 Å². The number of rotatable bonds is 4. The average Bonchev–Trinajstić information content (AvgIpc) is 2.60. The highest BCUT2D eigenvalue weighted by molar-refractivity contribution is 7.88. The van der Waals surface area contributed by atoms with E-state index in [-0.39, 0.29) is 5.57 Å². The summed E-state index contributed by atoms with van der Waals surface area (Å²) < 4.78 is 26.8. The fourth-order valence-electron chi connectivity index (χ4n) is 3.52. The normalized spacial score (nSPS) is 21.2. The molecule has 0 radical (unpaired) electrons. The number of carbonyl (C=O) groups is 1. The van der Waals surface area contributed by atoms with Crippen molar-refractivity contribution in [2.24, 2.45) is 0 Å². The zero-order chi connectivity index (χ0) is 18.9. The largest absolute Gasteiger partial charge is 0.478 e. The molecule has 0 aliphatic carbocycles. The van der Waals surface area contributed by atoms with Crippen molar-refractivity contribution in [3.05, 3.63) is 82.9 Å². The van der Waals surface area contributed by atoms with Crippen LogP contribution in [0.1, 0.15) is 35.2 Å². The van der Waals surface area contributed by atoms with Gasteiger partial charge in [0.25, 0.3) is 0 Å².